The highest BCUT2D eigenvalue weighted by molar-refractivity contribution is 6.31. The van der Waals surface area contributed by atoms with E-state index in [0.29, 0.717) is 5.92 Å². The maximum Gasteiger partial charge on any atom is 0.257 e. The minimum absolute atomic E-state index is 0.107. The molecule has 5 nitrogen and oxygen atoms in total. The Balaban J connectivity index is 1.70. The largest absolute Gasteiger partial charge is 0.337 e. The summed E-state index contributed by atoms with van der Waals surface area (Å²) in [7, 11) is 0. The molecule has 4 rings (SSSR count). The first-order valence-corrected chi connectivity index (χ1v) is 9.37. The predicted octanol–water partition coefficient (Wildman–Crippen LogP) is 3.15. The van der Waals surface area contributed by atoms with Gasteiger partial charge in [-0.2, -0.15) is 5.10 Å². The lowest BCUT2D eigenvalue weighted by atomic mass is 10.1. The van der Waals surface area contributed by atoms with Crippen LogP contribution in [0.4, 0.5) is 0 Å². The van der Waals surface area contributed by atoms with Crippen LogP contribution in [-0.2, 0) is 0 Å². The number of aryl methyl sites for hydroxylation is 1. The van der Waals surface area contributed by atoms with E-state index in [-0.39, 0.29) is 5.91 Å². The van der Waals surface area contributed by atoms with Crippen LogP contribution in [0.15, 0.2) is 24.4 Å². The normalized spacial score (nSPS) is 18.2. The minimum Gasteiger partial charge on any atom is -0.337 e. The average Bonchev–Trinajstić information content (AvgIpc) is 3.40. The van der Waals surface area contributed by atoms with Gasteiger partial charge in [-0.25, -0.2) is 4.68 Å². The Morgan fingerprint density at radius 1 is 1.28 bits per heavy atom. The first kappa shape index (κ1) is 16.6. The molecule has 0 radical (unpaired) electrons. The molecule has 25 heavy (non-hydrogen) atoms. The number of hydrogen-bond acceptors (Lipinski definition) is 3. The number of nitrogens with zero attached hydrogens (tertiary/aromatic N) is 3. The smallest absolute Gasteiger partial charge is 0.257 e. The van der Waals surface area contributed by atoms with Crippen LogP contribution in [0, 0.1) is 6.92 Å². The molecule has 1 aliphatic heterocycles. The molecule has 0 bridgehead atoms. The van der Waals surface area contributed by atoms with Gasteiger partial charge in [-0.05, 0) is 50.4 Å². The van der Waals surface area contributed by atoms with Gasteiger partial charge >= 0.3 is 0 Å². The number of carbonyl (C=O) groups is 1. The van der Waals surface area contributed by atoms with Gasteiger partial charge in [-0.3, -0.25) is 4.79 Å². The highest BCUT2D eigenvalue weighted by Crippen LogP contribution is 2.43. The summed E-state index contributed by atoms with van der Waals surface area (Å²) in [5.41, 5.74) is 3.76. The number of rotatable bonds is 3. The Labute approximate surface area is 153 Å². The van der Waals surface area contributed by atoms with Gasteiger partial charge in [0, 0.05) is 30.6 Å². The van der Waals surface area contributed by atoms with Crippen molar-refractivity contribution >= 4 is 17.5 Å². The third-order valence-corrected chi connectivity index (χ3v) is 5.44. The summed E-state index contributed by atoms with van der Waals surface area (Å²) in [6.45, 7) is 5.37. The summed E-state index contributed by atoms with van der Waals surface area (Å²) in [6, 6.07) is 5.95. The minimum atomic E-state index is 0.107. The lowest BCUT2D eigenvalue weighted by Gasteiger charge is -2.20. The number of nitrogens with one attached hydrogen (secondary N) is 1. The van der Waals surface area contributed by atoms with Gasteiger partial charge in [0.05, 0.1) is 23.1 Å². The van der Waals surface area contributed by atoms with Gasteiger partial charge in [-0.15, -0.1) is 0 Å². The van der Waals surface area contributed by atoms with Crippen LogP contribution in [0.25, 0.3) is 5.69 Å². The zero-order valence-electron chi connectivity index (χ0n) is 14.5. The number of amides is 1. The molecule has 1 saturated heterocycles. The fourth-order valence-electron chi connectivity index (χ4n) is 3.41. The molecule has 0 spiro atoms. The summed E-state index contributed by atoms with van der Waals surface area (Å²) < 4.78 is 1.91. The summed E-state index contributed by atoms with van der Waals surface area (Å²) in [5.74, 6) is 0.529. The van der Waals surface area contributed by atoms with E-state index >= 15 is 0 Å². The summed E-state index contributed by atoms with van der Waals surface area (Å²) in [4.78, 5) is 15.0. The van der Waals surface area contributed by atoms with E-state index in [1.807, 2.05) is 34.7 Å². The Morgan fingerprint density at radius 3 is 2.88 bits per heavy atom. The van der Waals surface area contributed by atoms with E-state index < -0.39 is 0 Å². The summed E-state index contributed by atoms with van der Waals surface area (Å²) >= 11 is 6.30. The van der Waals surface area contributed by atoms with Gasteiger partial charge in [0.15, 0.2) is 0 Å². The highest BCUT2D eigenvalue weighted by Gasteiger charge is 2.34. The van der Waals surface area contributed by atoms with Gasteiger partial charge in [0.1, 0.15) is 0 Å². The van der Waals surface area contributed by atoms with Gasteiger partial charge in [-0.1, -0.05) is 17.7 Å². The number of halogens is 1. The van der Waals surface area contributed by atoms with Crippen molar-refractivity contribution in [2.24, 2.45) is 0 Å². The lowest BCUT2D eigenvalue weighted by molar-refractivity contribution is 0.0765. The number of hydrogen-bond donors (Lipinski definition) is 1. The first-order chi connectivity index (χ1) is 12.1. The van der Waals surface area contributed by atoms with Gasteiger partial charge in [0.25, 0.3) is 5.91 Å². The molecule has 1 N–H and O–H groups in total. The second-order valence-electron chi connectivity index (χ2n) is 6.96. The molecule has 1 aromatic heterocycles. The second-order valence-corrected chi connectivity index (χ2v) is 7.37. The predicted molar refractivity (Wildman–Crippen MR) is 98.7 cm³/mol. The topological polar surface area (TPSA) is 50.2 Å². The number of benzene rings is 1. The Morgan fingerprint density at radius 2 is 2.12 bits per heavy atom. The average molecular weight is 359 g/mol. The van der Waals surface area contributed by atoms with Crippen LogP contribution in [0.2, 0.25) is 5.02 Å². The fourth-order valence-corrected chi connectivity index (χ4v) is 3.59. The standard InChI is InChI=1S/C19H23ClN4O/c1-13-3-6-15(11-17(13)20)24-18(14-4-5-14)16(12-22-24)19(25)23-9-2-7-21-8-10-23/h3,6,11-12,14,21H,2,4-5,7-10H2,1H3. The first-order valence-electron chi connectivity index (χ1n) is 8.99. The highest BCUT2D eigenvalue weighted by atomic mass is 35.5. The molecular formula is C19H23ClN4O. The molecule has 1 aliphatic carbocycles. The van der Waals surface area contributed by atoms with Gasteiger partial charge < -0.3 is 10.2 Å². The monoisotopic (exact) mass is 358 g/mol. The van der Waals surface area contributed by atoms with Crippen LogP contribution in [0.3, 0.4) is 0 Å². The quantitative estimate of drug-likeness (QED) is 0.917. The SMILES string of the molecule is Cc1ccc(-n2ncc(C(=O)N3CCCNCC3)c2C2CC2)cc1Cl. The molecule has 2 heterocycles. The number of carbonyl (C=O) groups excluding carboxylic acids is 1. The van der Waals surface area contributed by atoms with Crippen molar-refractivity contribution in [1.82, 2.24) is 20.0 Å². The van der Waals surface area contributed by atoms with Crippen LogP contribution in [0.1, 0.15) is 46.8 Å². The Kier molecular flexibility index (Phi) is 4.52. The lowest BCUT2D eigenvalue weighted by Crippen LogP contribution is -2.34. The van der Waals surface area contributed by atoms with E-state index in [9.17, 15) is 4.79 Å². The molecule has 132 valence electrons. The molecular weight excluding hydrogens is 336 g/mol. The number of aromatic nitrogens is 2. The third kappa shape index (κ3) is 3.31. The van der Waals surface area contributed by atoms with Crippen molar-refractivity contribution in [3.8, 4) is 5.69 Å². The second kappa shape index (κ2) is 6.81. The van der Waals surface area contributed by atoms with Crippen LogP contribution in [-0.4, -0.2) is 46.8 Å². The molecule has 1 saturated carbocycles. The van der Waals surface area contributed by atoms with E-state index in [0.717, 1.165) is 73.0 Å². The zero-order valence-corrected chi connectivity index (χ0v) is 15.2. The summed E-state index contributed by atoms with van der Waals surface area (Å²) in [6.07, 6.45) is 4.97. The molecule has 0 atom stereocenters. The van der Waals surface area contributed by atoms with Crippen molar-refractivity contribution in [1.29, 1.82) is 0 Å². The summed E-state index contributed by atoms with van der Waals surface area (Å²) in [5, 5.41) is 8.62. The molecule has 2 aliphatic rings. The van der Waals surface area contributed by atoms with Crippen molar-refractivity contribution in [3.05, 3.63) is 46.2 Å². The van der Waals surface area contributed by atoms with Crippen LogP contribution >= 0.6 is 11.6 Å². The van der Waals surface area contributed by atoms with E-state index in [1.54, 1.807) is 6.20 Å². The van der Waals surface area contributed by atoms with E-state index in [4.69, 9.17) is 11.6 Å². The fraction of sp³-hybridized carbons (Fsp3) is 0.474. The molecule has 6 heteroatoms. The Hall–Kier alpha value is -1.85. The molecule has 1 amide bonds. The zero-order chi connectivity index (χ0) is 17.4. The van der Waals surface area contributed by atoms with Crippen molar-refractivity contribution in [3.63, 3.8) is 0 Å². The van der Waals surface area contributed by atoms with Crippen LogP contribution < -0.4 is 5.32 Å². The maximum atomic E-state index is 13.1. The third-order valence-electron chi connectivity index (χ3n) is 5.03. The maximum absolute atomic E-state index is 13.1. The molecule has 2 fully saturated rings. The Bertz CT molecular complexity index is 789. The van der Waals surface area contributed by atoms with Crippen LogP contribution in [0.5, 0.6) is 0 Å². The van der Waals surface area contributed by atoms with Crippen molar-refractivity contribution in [2.75, 3.05) is 26.2 Å². The molecule has 0 unspecified atom stereocenters. The van der Waals surface area contributed by atoms with Crippen molar-refractivity contribution < 1.29 is 4.79 Å². The van der Waals surface area contributed by atoms with E-state index in [1.165, 1.54) is 0 Å². The van der Waals surface area contributed by atoms with Gasteiger partial charge in [0.2, 0.25) is 0 Å². The molecule has 1 aromatic carbocycles. The van der Waals surface area contributed by atoms with Crippen molar-refractivity contribution in [2.45, 2.75) is 32.1 Å². The van der Waals surface area contributed by atoms with E-state index in [2.05, 4.69) is 10.4 Å². The molecule has 2 aromatic rings.